The molecule has 0 saturated carbocycles. The average molecular weight is 269 g/mol. The minimum absolute atomic E-state index is 0.0563. The molecule has 1 saturated heterocycles. The van der Waals surface area contributed by atoms with E-state index >= 15 is 0 Å². The molecule has 4 heteroatoms. The van der Waals surface area contributed by atoms with Gasteiger partial charge in [0.2, 0.25) is 0 Å². The number of hydrogen-bond donors (Lipinski definition) is 1. The number of pyridine rings is 1. The summed E-state index contributed by atoms with van der Waals surface area (Å²) in [6.45, 7) is 3.42. The van der Waals surface area contributed by atoms with Gasteiger partial charge in [0.15, 0.2) is 0 Å². The number of carbonyl (C=O) groups excluding carboxylic acids is 1. The molecule has 2 heterocycles. The first-order chi connectivity index (χ1) is 9.63. The molecule has 0 spiro atoms. The second-order valence-corrected chi connectivity index (χ2v) is 5.65. The Labute approximate surface area is 118 Å². The molecule has 4 nitrogen and oxygen atoms in total. The van der Waals surface area contributed by atoms with E-state index in [1.54, 1.807) is 6.20 Å². The zero-order valence-corrected chi connectivity index (χ0v) is 11.7. The Kier molecular flexibility index (Phi) is 3.18. The standard InChI is InChI=1S/C16H19N3O/c1-2-8-16(17)10-19(11-16)15(20)13-5-3-7-14-12(13)6-4-9-18-14/h3-7,9H,2,8,10-11,17H2,1H3. The maximum atomic E-state index is 12.6. The second-order valence-electron chi connectivity index (χ2n) is 5.65. The zero-order chi connectivity index (χ0) is 14.2. The summed E-state index contributed by atoms with van der Waals surface area (Å²) in [4.78, 5) is 18.7. The van der Waals surface area contributed by atoms with E-state index in [9.17, 15) is 4.79 Å². The fraction of sp³-hybridized carbons (Fsp3) is 0.375. The predicted molar refractivity (Wildman–Crippen MR) is 79.5 cm³/mol. The molecule has 1 aliphatic heterocycles. The van der Waals surface area contributed by atoms with Crippen molar-refractivity contribution in [2.45, 2.75) is 25.3 Å². The minimum Gasteiger partial charge on any atom is -0.335 e. The molecule has 0 unspecified atom stereocenters. The van der Waals surface area contributed by atoms with Gasteiger partial charge in [-0.25, -0.2) is 0 Å². The van der Waals surface area contributed by atoms with E-state index in [2.05, 4.69) is 11.9 Å². The Morgan fingerprint density at radius 1 is 1.35 bits per heavy atom. The van der Waals surface area contributed by atoms with Crippen molar-refractivity contribution in [3.05, 3.63) is 42.1 Å². The summed E-state index contributed by atoms with van der Waals surface area (Å²) in [6.07, 6.45) is 3.76. The van der Waals surface area contributed by atoms with Crippen molar-refractivity contribution in [3.8, 4) is 0 Å². The third-order valence-electron chi connectivity index (χ3n) is 3.92. The van der Waals surface area contributed by atoms with Crippen LogP contribution in [0.4, 0.5) is 0 Å². The SMILES string of the molecule is CCCC1(N)CN(C(=O)c2cccc3ncccc23)C1. The Bertz CT molecular complexity index is 642. The number of hydrogen-bond acceptors (Lipinski definition) is 3. The van der Waals surface area contributed by atoms with Crippen LogP contribution in [0.5, 0.6) is 0 Å². The highest BCUT2D eigenvalue weighted by Gasteiger charge is 2.41. The van der Waals surface area contributed by atoms with E-state index in [-0.39, 0.29) is 11.4 Å². The third-order valence-corrected chi connectivity index (χ3v) is 3.92. The summed E-state index contributed by atoms with van der Waals surface area (Å²) in [6, 6.07) is 9.47. The lowest BCUT2D eigenvalue weighted by molar-refractivity contribution is 0.0388. The maximum Gasteiger partial charge on any atom is 0.254 e. The van der Waals surface area contributed by atoms with Crippen LogP contribution < -0.4 is 5.73 Å². The van der Waals surface area contributed by atoms with Crippen LogP contribution >= 0.6 is 0 Å². The number of rotatable bonds is 3. The lowest BCUT2D eigenvalue weighted by Crippen LogP contribution is -2.68. The highest BCUT2D eigenvalue weighted by molar-refractivity contribution is 6.06. The van der Waals surface area contributed by atoms with Crippen molar-refractivity contribution < 1.29 is 4.79 Å². The largest absolute Gasteiger partial charge is 0.335 e. The number of fused-ring (bicyclic) bond motifs is 1. The van der Waals surface area contributed by atoms with Crippen LogP contribution in [0.2, 0.25) is 0 Å². The molecule has 2 aromatic rings. The number of amides is 1. The van der Waals surface area contributed by atoms with E-state index < -0.39 is 0 Å². The molecule has 0 aliphatic carbocycles. The monoisotopic (exact) mass is 269 g/mol. The van der Waals surface area contributed by atoms with Crippen molar-refractivity contribution in [2.75, 3.05) is 13.1 Å². The molecule has 20 heavy (non-hydrogen) atoms. The van der Waals surface area contributed by atoms with E-state index in [1.807, 2.05) is 35.2 Å². The smallest absolute Gasteiger partial charge is 0.254 e. The molecular formula is C16H19N3O. The van der Waals surface area contributed by atoms with Crippen LogP contribution in [0.3, 0.4) is 0 Å². The summed E-state index contributed by atoms with van der Waals surface area (Å²) in [5, 5.41) is 0.907. The van der Waals surface area contributed by atoms with Gasteiger partial charge in [0.05, 0.1) is 11.1 Å². The number of nitrogens with two attached hydrogens (primary N) is 1. The van der Waals surface area contributed by atoms with E-state index in [4.69, 9.17) is 5.73 Å². The molecule has 1 aliphatic rings. The molecule has 1 fully saturated rings. The highest BCUT2D eigenvalue weighted by Crippen LogP contribution is 2.27. The number of nitrogens with zero attached hydrogens (tertiary/aromatic N) is 2. The molecule has 3 rings (SSSR count). The third kappa shape index (κ3) is 2.16. The summed E-state index contributed by atoms with van der Waals surface area (Å²) in [7, 11) is 0. The van der Waals surface area contributed by atoms with Gasteiger partial charge in [0, 0.05) is 30.2 Å². The number of likely N-dealkylation sites (tertiary alicyclic amines) is 1. The van der Waals surface area contributed by atoms with Crippen LogP contribution in [0, 0.1) is 0 Å². The van der Waals surface area contributed by atoms with Crippen molar-refractivity contribution in [1.82, 2.24) is 9.88 Å². The first kappa shape index (κ1) is 13.1. The van der Waals surface area contributed by atoms with Crippen molar-refractivity contribution in [1.29, 1.82) is 0 Å². The number of carbonyl (C=O) groups is 1. The normalized spacial score (nSPS) is 17.0. The van der Waals surface area contributed by atoms with Gasteiger partial charge in [-0.2, -0.15) is 0 Å². The van der Waals surface area contributed by atoms with Gasteiger partial charge in [0.25, 0.3) is 5.91 Å². The summed E-state index contributed by atoms with van der Waals surface area (Å²) < 4.78 is 0. The van der Waals surface area contributed by atoms with E-state index in [0.29, 0.717) is 18.7 Å². The Hall–Kier alpha value is -1.94. The van der Waals surface area contributed by atoms with Gasteiger partial charge in [-0.3, -0.25) is 9.78 Å². The van der Waals surface area contributed by atoms with Crippen molar-refractivity contribution >= 4 is 16.8 Å². The van der Waals surface area contributed by atoms with Gasteiger partial charge in [0.1, 0.15) is 0 Å². The lowest BCUT2D eigenvalue weighted by atomic mass is 9.86. The second kappa shape index (κ2) is 4.87. The van der Waals surface area contributed by atoms with Gasteiger partial charge in [-0.15, -0.1) is 0 Å². The van der Waals surface area contributed by atoms with Crippen molar-refractivity contribution in [3.63, 3.8) is 0 Å². The Morgan fingerprint density at radius 2 is 2.15 bits per heavy atom. The first-order valence-electron chi connectivity index (χ1n) is 7.05. The average Bonchev–Trinajstić information content (AvgIpc) is 2.43. The Balaban J connectivity index is 1.84. The maximum absolute atomic E-state index is 12.6. The zero-order valence-electron chi connectivity index (χ0n) is 11.7. The van der Waals surface area contributed by atoms with Crippen LogP contribution in [0.15, 0.2) is 36.5 Å². The fourth-order valence-electron chi connectivity index (χ4n) is 2.97. The van der Waals surface area contributed by atoms with Crippen LogP contribution in [-0.2, 0) is 0 Å². The van der Waals surface area contributed by atoms with E-state index in [1.165, 1.54) is 0 Å². The van der Waals surface area contributed by atoms with Gasteiger partial charge >= 0.3 is 0 Å². The molecular weight excluding hydrogens is 250 g/mol. The van der Waals surface area contributed by atoms with Gasteiger partial charge < -0.3 is 10.6 Å². The van der Waals surface area contributed by atoms with Gasteiger partial charge in [-0.05, 0) is 24.6 Å². The summed E-state index contributed by atoms with van der Waals surface area (Å²) in [5.41, 5.74) is 7.61. The number of aromatic nitrogens is 1. The topological polar surface area (TPSA) is 59.2 Å². The minimum atomic E-state index is -0.187. The highest BCUT2D eigenvalue weighted by atomic mass is 16.2. The molecule has 1 amide bonds. The van der Waals surface area contributed by atoms with E-state index in [0.717, 1.165) is 23.7 Å². The molecule has 1 aromatic heterocycles. The molecule has 0 atom stereocenters. The molecule has 0 radical (unpaired) electrons. The first-order valence-corrected chi connectivity index (χ1v) is 7.05. The summed E-state index contributed by atoms with van der Waals surface area (Å²) in [5.74, 6) is 0.0563. The summed E-state index contributed by atoms with van der Waals surface area (Å²) >= 11 is 0. The van der Waals surface area contributed by atoms with Crippen LogP contribution in [0.25, 0.3) is 10.9 Å². The number of benzene rings is 1. The predicted octanol–water partition coefficient (Wildman–Crippen LogP) is 2.19. The lowest BCUT2D eigenvalue weighted by Gasteiger charge is -2.47. The fourth-order valence-corrected chi connectivity index (χ4v) is 2.97. The van der Waals surface area contributed by atoms with Gasteiger partial charge in [-0.1, -0.05) is 25.5 Å². The van der Waals surface area contributed by atoms with Crippen molar-refractivity contribution in [2.24, 2.45) is 5.73 Å². The Morgan fingerprint density at radius 3 is 2.90 bits per heavy atom. The van der Waals surface area contributed by atoms with Crippen LogP contribution in [-0.4, -0.2) is 34.4 Å². The van der Waals surface area contributed by atoms with Crippen LogP contribution in [0.1, 0.15) is 30.1 Å². The molecule has 0 bridgehead atoms. The molecule has 104 valence electrons. The quantitative estimate of drug-likeness (QED) is 0.929. The molecule has 1 aromatic carbocycles. The molecule has 2 N–H and O–H groups in total.